The van der Waals surface area contributed by atoms with Gasteiger partial charge in [0.2, 0.25) is 0 Å². The van der Waals surface area contributed by atoms with Gasteiger partial charge in [-0.2, -0.15) is 23.5 Å². The number of anilines is 1. The molecule has 0 unspecified atom stereocenters. The lowest BCUT2D eigenvalue weighted by Crippen LogP contribution is -2.07. The first-order valence-electron chi connectivity index (χ1n) is 5.73. The summed E-state index contributed by atoms with van der Waals surface area (Å²) in [5.74, 6) is 0. The van der Waals surface area contributed by atoms with Crippen molar-refractivity contribution in [3.8, 4) is 6.07 Å². The molecule has 1 heterocycles. The van der Waals surface area contributed by atoms with E-state index >= 15 is 0 Å². The molecule has 0 saturated heterocycles. The third-order valence-electron chi connectivity index (χ3n) is 2.71. The van der Waals surface area contributed by atoms with Gasteiger partial charge < -0.3 is 5.32 Å². The highest BCUT2D eigenvalue weighted by Crippen LogP contribution is 2.31. The van der Waals surface area contributed by atoms with Gasteiger partial charge in [0.15, 0.2) is 0 Å². The molecule has 104 valence electrons. The summed E-state index contributed by atoms with van der Waals surface area (Å²) in [4.78, 5) is 0. The van der Waals surface area contributed by atoms with E-state index in [-0.39, 0.29) is 5.56 Å². The third kappa shape index (κ3) is 3.09. The summed E-state index contributed by atoms with van der Waals surface area (Å²) in [5.41, 5.74) is 0.366. The van der Waals surface area contributed by atoms with Crippen molar-refractivity contribution in [2.45, 2.75) is 12.7 Å². The predicted octanol–water partition coefficient (Wildman–Crippen LogP) is 2.92. The molecule has 0 fully saturated rings. The van der Waals surface area contributed by atoms with E-state index in [4.69, 9.17) is 5.26 Å². The molecule has 0 aliphatic heterocycles. The average molecular weight is 280 g/mol. The Kier molecular flexibility index (Phi) is 3.66. The summed E-state index contributed by atoms with van der Waals surface area (Å²) in [5, 5.41) is 15.8. The highest BCUT2D eigenvalue weighted by atomic mass is 19.4. The van der Waals surface area contributed by atoms with Crippen LogP contribution in [0.5, 0.6) is 0 Å². The largest absolute Gasteiger partial charge is 0.416 e. The number of benzene rings is 1. The van der Waals surface area contributed by atoms with Gasteiger partial charge in [0.1, 0.15) is 6.07 Å². The SMILES string of the molecule is Cn1cc(CNc2ccc(C(F)(F)F)cc2C#N)cn1. The Morgan fingerprint density at radius 2 is 2.15 bits per heavy atom. The van der Waals surface area contributed by atoms with Crippen LogP contribution in [0.3, 0.4) is 0 Å². The normalized spacial score (nSPS) is 11.2. The summed E-state index contributed by atoms with van der Waals surface area (Å²) >= 11 is 0. The summed E-state index contributed by atoms with van der Waals surface area (Å²) in [6.07, 6.45) is -1.03. The van der Waals surface area contributed by atoms with Crippen molar-refractivity contribution in [2.24, 2.45) is 7.05 Å². The summed E-state index contributed by atoms with van der Waals surface area (Å²) in [6.45, 7) is 0.383. The van der Waals surface area contributed by atoms with E-state index in [1.54, 1.807) is 30.2 Å². The van der Waals surface area contributed by atoms with Gasteiger partial charge in [-0.15, -0.1) is 0 Å². The summed E-state index contributed by atoms with van der Waals surface area (Å²) < 4.78 is 39.3. The topological polar surface area (TPSA) is 53.6 Å². The predicted molar refractivity (Wildman–Crippen MR) is 66.7 cm³/mol. The van der Waals surface area contributed by atoms with E-state index in [9.17, 15) is 13.2 Å². The van der Waals surface area contributed by atoms with E-state index in [1.165, 1.54) is 6.07 Å². The van der Waals surface area contributed by atoms with Gasteiger partial charge in [0.05, 0.1) is 23.0 Å². The van der Waals surface area contributed by atoms with Gasteiger partial charge in [-0.3, -0.25) is 4.68 Å². The number of rotatable bonds is 3. The Balaban J connectivity index is 2.18. The van der Waals surface area contributed by atoms with Crippen molar-refractivity contribution in [3.63, 3.8) is 0 Å². The minimum Gasteiger partial charge on any atom is -0.380 e. The number of hydrogen-bond donors (Lipinski definition) is 1. The van der Waals surface area contributed by atoms with Gasteiger partial charge in [-0.05, 0) is 18.2 Å². The van der Waals surface area contributed by atoms with Crippen LogP contribution in [0.4, 0.5) is 18.9 Å². The molecule has 0 amide bonds. The number of alkyl halides is 3. The smallest absolute Gasteiger partial charge is 0.380 e. The zero-order valence-electron chi connectivity index (χ0n) is 10.6. The average Bonchev–Trinajstić information content (AvgIpc) is 2.81. The van der Waals surface area contributed by atoms with Gasteiger partial charge in [0.25, 0.3) is 0 Å². The molecular formula is C13H11F3N4. The maximum atomic E-state index is 12.5. The second kappa shape index (κ2) is 5.25. The maximum Gasteiger partial charge on any atom is 0.416 e. The summed E-state index contributed by atoms with van der Waals surface area (Å²) in [6, 6.07) is 4.82. The second-order valence-corrected chi connectivity index (χ2v) is 4.25. The Morgan fingerprint density at radius 1 is 1.40 bits per heavy atom. The van der Waals surface area contributed by atoms with Gasteiger partial charge in [-0.1, -0.05) is 0 Å². The van der Waals surface area contributed by atoms with Crippen LogP contribution in [0.25, 0.3) is 0 Å². The molecule has 1 aromatic heterocycles. The molecule has 0 bridgehead atoms. The molecule has 0 saturated carbocycles. The fraction of sp³-hybridized carbons (Fsp3) is 0.231. The van der Waals surface area contributed by atoms with Crippen LogP contribution in [0.15, 0.2) is 30.6 Å². The highest BCUT2D eigenvalue weighted by Gasteiger charge is 2.31. The number of nitrogens with zero attached hydrogens (tertiary/aromatic N) is 3. The minimum absolute atomic E-state index is 0.0382. The molecule has 0 atom stereocenters. The van der Waals surface area contributed by atoms with Gasteiger partial charge in [-0.25, -0.2) is 0 Å². The highest BCUT2D eigenvalue weighted by molar-refractivity contribution is 5.59. The monoisotopic (exact) mass is 280 g/mol. The Labute approximate surface area is 113 Å². The molecule has 0 spiro atoms. The second-order valence-electron chi connectivity index (χ2n) is 4.25. The summed E-state index contributed by atoms with van der Waals surface area (Å²) in [7, 11) is 1.77. The molecule has 1 N–H and O–H groups in total. The van der Waals surface area contributed by atoms with Crippen LogP contribution in [0, 0.1) is 11.3 Å². The van der Waals surface area contributed by atoms with E-state index in [1.807, 2.05) is 0 Å². The number of aromatic nitrogens is 2. The number of nitriles is 1. The molecule has 7 heteroatoms. The Bertz CT molecular complexity index is 652. The van der Waals surface area contributed by atoms with Gasteiger partial charge >= 0.3 is 6.18 Å². The van der Waals surface area contributed by atoms with Crippen molar-refractivity contribution < 1.29 is 13.2 Å². The van der Waals surface area contributed by atoms with Crippen LogP contribution >= 0.6 is 0 Å². The molecular weight excluding hydrogens is 269 g/mol. The molecule has 0 radical (unpaired) electrons. The number of aryl methyl sites for hydroxylation is 1. The van der Waals surface area contributed by atoms with Crippen molar-refractivity contribution in [2.75, 3.05) is 5.32 Å². The first-order valence-corrected chi connectivity index (χ1v) is 5.73. The molecule has 4 nitrogen and oxygen atoms in total. The third-order valence-corrected chi connectivity index (χ3v) is 2.71. The van der Waals surface area contributed by atoms with Crippen molar-refractivity contribution in [1.82, 2.24) is 9.78 Å². The van der Waals surface area contributed by atoms with E-state index < -0.39 is 11.7 Å². The van der Waals surface area contributed by atoms with Crippen LogP contribution in [0.1, 0.15) is 16.7 Å². The van der Waals surface area contributed by atoms with Crippen LogP contribution < -0.4 is 5.32 Å². The van der Waals surface area contributed by atoms with Crippen molar-refractivity contribution in [1.29, 1.82) is 5.26 Å². The lowest BCUT2D eigenvalue weighted by Gasteiger charge is -2.11. The molecule has 2 rings (SSSR count). The van der Waals surface area contributed by atoms with Crippen LogP contribution in [-0.2, 0) is 19.8 Å². The first-order chi connectivity index (χ1) is 9.40. The van der Waals surface area contributed by atoms with E-state index in [0.29, 0.717) is 12.2 Å². The van der Waals surface area contributed by atoms with Crippen molar-refractivity contribution in [3.05, 3.63) is 47.3 Å². The lowest BCUT2D eigenvalue weighted by molar-refractivity contribution is -0.137. The fourth-order valence-corrected chi connectivity index (χ4v) is 1.73. The zero-order valence-corrected chi connectivity index (χ0v) is 10.6. The molecule has 2 aromatic rings. The Hall–Kier alpha value is -2.49. The lowest BCUT2D eigenvalue weighted by atomic mass is 10.1. The van der Waals surface area contributed by atoms with E-state index in [0.717, 1.165) is 17.7 Å². The quantitative estimate of drug-likeness (QED) is 0.940. The minimum atomic E-state index is -4.45. The zero-order chi connectivity index (χ0) is 14.8. The first kappa shape index (κ1) is 13.9. The van der Waals surface area contributed by atoms with Crippen LogP contribution in [0.2, 0.25) is 0 Å². The van der Waals surface area contributed by atoms with Crippen LogP contribution in [-0.4, -0.2) is 9.78 Å². The number of hydrogen-bond acceptors (Lipinski definition) is 3. The van der Waals surface area contributed by atoms with E-state index in [2.05, 4.69) is 10.4 Å². The molecule has 20 heavy (non-hydrogen) atoms. The molecule has 0 aliphatic rings. The maximum absolute atomic E-state index is 12.5. The molecule has 0 aliphatic carbocycles. The van der Waals surface area contributed by atoms with Crippen molar-refractivity contribution >= 4 is 5.69 Å². The number of nitrogens with one attached hydrogen (secondary N) is 1. The Morgan fingerprint density at radius 3 is 2.70 bits per heavy atom. The fourth-order valence-electron chi connectivity index (χ4n) is 1.73. The standard InChI is InChI=1S/C13H11F3N4/c1-20-8-9(7-19-20)6-18-12-3-2-11(13(14,15)16)4-10(12)5-17/h2-4,7-8,18H,6H2,1H3. The number of halogens is 3. The molecule has 1 aromatic carbocycles. The van der Waals surface area contributed by atoms with Gasteiger partial charge in [0, 0.05) is 25.4 Å².